The number of nitrogens with two attached hydrogens (primary N) is 1. The largest absolute Gasteiger partial charge is 0.383 e. The SMILES string of the molecule is CC(C)(C)C(Cl)CCc1cc(Cl)cnc1N. The molecule has 1 heterocycles. The highest BCUT2D eigenvalue weighted by atomic mass is 35.5. The van der Waals surface area contributed by atoms with Crippen LogP contribution in [0.3, 0.4) is 0 Å². The number of rotatable bonds is 3. The molecule has 1 aromatic rings. The number of alkyl halides is 1. The van der Waals surface area contributed by atoms with E-state index in [1.807, 2.05) is 6.07 Å². The molecule has 90 valence electrons. The minimum absolute atomic E-state index is 0.0995. The standard InChI is InChI=1S/C12H18Cl2N2/c1-12(2,3)10(14)5-4-8-6-9(13)7-16-11(8)15/h6-7,10H,4-5H2,1-3H3,(H2,15,16). The predicted molar refractivity (Wildman–Crippen MR) is 71.1 cm³/mol. The zero-order valence-corrected chi connectivity index (χ0v) is 11.4. The maximum absolute atomic E-state index is 6.30. The fourth-order valence-electron chi connectivity index (χ4n) is 1.41. The molecule has 2 nitrogen and oxygen atoms in total. The van der Waals surface area contributed by atoms with Crippen molar-refractivity contribution in [3.05, 3.63) is 22.8 Å². The Morgan fingerprint density at radius 1 is 1.44 bits per heavy atom. The Morgan fingerprint density at radius 3 is 2.62 bits per heavy atom. The first-order valence-electron chi connectivity index (χ1n) is 5.34. The molecule has 0 aliphatic carbocycles. The Labute approximate surface area is 107 Å². The van der Waals surface area contributed by atoms with Gasteiger partial charge in [0.25, 0.3) is 0 Å². The van der Waals surface area contributed by atoms with E-state index >= 15 is 0 Å². The van der Waals surface area contributed by atoms with Gasteiger partial charge in [0.05, 0.1) is 5.02 Å². The molecule has 1 rings (SSSR count). The minimum atomic E-state index is 0.0995. The fourth-order valence-corrected chi connectivity index (χ4v) is 1.70. The van der Waals surface area contributed by atoms with Crippen LogP contribution in [-0.4, -0.2) is 10.4 Å². The molecule has 0 amide bonds. The van der Waals surface area contributed by atoms with Crippen LogP contribution in [0.1, 0.15) is 32.8 Å². The Bertz CT molecular complexity index is 359. The minimum Gasteiger partial charge on any atom is -0.383 e. The van der Waals surface area contributed by atoms with Crippen LogP contribution < -0.4 is 5.73 Å². The third-order valence-electron chi connectivity index (χ3n) is 2.57. The van der Waals surface area contributed by atoms with E-state index in [4.69, 9.17) is 28.9 Å². The molecule has 1 aromatic heterocycles. The first-order valence-corrected chi connectivity index (χ1v) is 6.16. The van der Waals surface area contributed by atoms with Gasteiger partial charge in [-0.3, -0.25) is 0 Å². The summed E-state index contributed by atoms with van der Waals surface area (Å²) in [5.41, 5.74) is 6.85. The summed E-state index contributed by atoms with van der Waals surface area (Å²) in [6, 6.07) is 1.86. The third kappa shape index (κ3) is 3.84. The maximum Gasteiger partial charge on any atom is 0.126 e. The number of aryl methyl sites for hydroxylation is 1. The summed E-state index contributed by atoms with van der Waals surface area (Å²) in [5.74, 6) is 0.544. The van der Waals surface area contributed by atoms with Gasteiger partial charge in [-0.15, -0.1) is 11.6 Å². The van der Waals surface area contributed by atoms with E-state index in [1.54, 1.807) is 6.20 Å². The van der Waals surface area contributed by atoms with Crippen molar-refractivity contribution in [2.75, 3.05) is 5.73 Å². The number of nitrogen functional groups attached to an aromatic ring is 1. The van der Waals surface area contributed by atoms with Crippen molar-refractivity contribution in [3.8, 4) is 0 Å². The molecule has 1 atom stereocenters. The van der Waals surface area contributed by atoms with Crippen molar-refractivity contribution < 1.29 is 0 Å². The normalized spacial score (nSPS) is 13.8. The van der Waals surface area contributed by atoms with E-state index in [9.17, 15) is 0 Å². The van der Waals surface area contributed by atoms with Crippen molar-refractivity contribution in [1.82, 2.24) is 4.98 Å². The Hall–Kier alpha value is -0.470. The van der Waals surface area contributed by atoms with Gasteiger partial charge < -0.3 is 5.73 Å². The zero-order valence-electron chi connectivity index (χ0n) is 9.93. The highest BCUT2D eigenvalue weighted by Crippen LogP contribution is 2.29. The van der Waals surface area contributed by atoms with E-state index in [0.29, 0.717) is 10.8 Å². The predicted octanol–water partition coefficient (Wildman–Crippen LogP) is 3.90. The molecule has 1 unspecified atom stereocenters. The lowest BCUT2D eigenvalue weighted by atomic mass is 9.88. The van der Waals surface area contributed by atoms with Crippen LogP contribution in [0, 0.1) is 5.41 Å². The number of pyridine rings is 1. The van der Waals surface area contributed by atoms with Gasteiger partial charge in [0.2, 0.25) is 0 Å². The lowest BCUT2D eigenvalue weighted by Crippen LogP contribution is -2.21. The van der Waals surface area contributed by atoms with Crippen LogP contribution in [0.4, 0.5) is 5.82 Å². The van der Waals surface area contributed by atoms with Crippen molar-refractivity contribution in [3.63, 3.8) is 0 Å². The molecule has 0 aromatic carbocycles. The molecule has 4 heteroatoms. The van der Waals surface area contributed by atoms with E-state index < -0.39 is 0 Å². The fraction of sp³-hybridized carbons (Fsp3) is 0.583. The summed E-state index contributed by atoms with van der Waals surface area (Å²) < 4.78 is 0. The number of hydrogen-bond donors (Lipinski definition) is 1. The smallest absolute Gasteiger partial charge is 0.126 e. The quantitative estimate of drug-likeness (QED) is 0.838. The van der Waals surface area contributed by atoms with Crippen LogP contribution in [0.15, 0.2) is 12.3 Å². The topological polar surface area (TPSA) is 38.9 Å². The highest BCUT2D eigenvalue weighted by Gasteiger charge is 2.22. The Balaban J connectivity index is 2.64. The molecule has 0 saturated carbocycles. The summed E-state index contributed by atoms with van der Waals surface area (Å²) in [5, 5.41) is 0.733. The van der Waals surface area contributed by atoms with Gasteiger partial charge in [-0.1, -0.05) is 32.4 Å². The van der Waals surface area contributed by atoms with Crippen molar-refractivity contribution in [2.45, 2.75) is 39.0 Å². The van der Waals surface area contributed by atoms with Crippen LogP contribution in [-0.2, 0) is 6.42 Å². The van der Waals surface area contributed by atoms with Crippen molar-refractivity contribution in [1.29, 1.82) is 0 Å². The molecule has 0 aliphatic heterocycles. The molecular formula is C12H18Cl2N2. The van der Waals surface area contributed by atoms with E-state index in [2.05, 4.69) is 25.8 Å². The number of aromatic nitrogens is 1. The molecule has 16 heavy (non-hydrogen) atoms. The van der Waals surface area contributed by atoms with E-state index in [-0.39, 0.29) is 10.8 Å². The van der Waals surface area contributed by atoms with Gasteiger partial charge >= 0.3 is 0 Å². The summed E-state index contributed by atoms with van der Waals surface area (Å²) in [7, 11) is 0. The molecule has 2 N–H and O–H groups in total. The van der Waals surface area contributed by atoms with Gasteiger partial charge in [-0.05, 0) is 29.9 Å². The number of nitrogens with zero attached hydrogens (tertiary/aromatic N) is 1. The number of hydrogen-bond acceptors (Lipinski definition) is 2. The van der Waals surface area contributed by atoms with Crippen LogP contribution in [0.2, 0.25) is 5.02 Å². The van der Waals surface area contributed by atoms with Crippen molar-refractivity contribution in [2.24, 2.45) is 5.41 Å². The van der Waals surface area contributed by atoms with Gasteiger partial charge in [0, 0.05) is 11.6 Å². The third-order valence-corrected chi connectivity index (χ3v) is 3.65. The van der Waals surface area contributed by atoms with Gasteiger partial charge in [-0.25, -0.2) is 4.98 Å². The molecule has 0 spiro atoms. The number of anilines is 1. The second-order valence-electron chi connectivity index (χ2n) is 5.07. The average molecular weight is 261 g/mol. The average Bonchev–Trinajstić information content (AvgIpc) is 2.17. The summed E-state index contributed by atoms with van der Waals surface area (Å²) in [6.07, 6.45) is 3.24. The van der Waals surface area contributed by atoms with Crippen LogP contribution >= 0.6 is 23.2 Å². The summed E-state index contributed by atoms with van der Waals surface area (Å²) in [6.45, 7) is 6.39. The maximum atomic E-state index is 6.30. The summed E-state index contributed by atoms with van der Waals surface area (Å²) >= 11 is 12.2. The Morgan fingerprint density at radius 2 is 2.06 bits per heavy atom. The van der Waals surface area contributed by atoms with Gasteiger partial charge in [0.1, 0.15) is 5.82 Å². The van der Waals surface area contributed by atoms with Crippen molar-refractivity contribution >= 4 is 29.0 Å². The highest BCUT2D eigenvalue weighted by molar-refractivity contribution is 6.30. The first-order chi connectivity index (χ1) is 7.30. The molecule has 0 saturated heterocycles. The molecule has 0 bridgehead atoms. The monoisotopic (exact) mass is 260 g/mol. The lowest BCUT2D eigenvalue weighted by Gasteiger charge is -2.25. The molecular weight excluding hydrogens is 243 g/mol. The summed E-state index contributed by atoms with van der Waals surface area (Å²) in [4.78, 5) is 4.02. The van der Waals surface area contributed by atoms with Crippen LogP contribution in [0.5, 0.6) is 0 Å². The second-order valence-corrected chi connectivity index (χ2v) is 6.03. The van der Waals surface area contributed by atoms with Crippen LogP contribution in [0.25, 0.3) is 0 Å². The second kappa shape index (κ2) is 5.24. The molecule has 0 aliphatic rings. The Kier molecular flexibility index (Phi) is 4.45. The first kappa shape index (κ1) is 13.6. The molecule has 0 radical (unpaired) electrons. The molecule has 0 fully saturated rings. The van der Waals surface area contributed by atoms with Gasteiger partial charge in [0.15, 0.2) is 0 Å². The number of halogens is 2. The zero-order chi connectivity index (χ0) is 12.3. The van der Waals surface area contributed by atoms with Gasteiger partial charge in [-0.2, -0.15) is 0 Å². The van der Waals surface area contributed by atoms with E-state index in [1.165, 1.54) is 0 Å². The lowest BCUT2D eigenvalue weighted by molar-refractivity contribution is 0.374. The van der Waals surface area contributed by atoms with E-state index in [0.717, 1.165) is 18.4 Å².